The first-order chi connectivity index (χ1) is 41.8. The highest BCUT2D eigenvalue weighted by atomic mass is 16.3. The maximum Gasteiger partial charge on any atom is 0.245 e. The summed E-state index contributed by atoms with van der Waals surface area (Å²) in [6, 6.07) is 0.126. The molecule has 0 spiro atoms. The number of Topliss-reactive ketones (excluding diaryl/α,β-unsaturated/α-hetero) is 4. The summed E-state index contributed by atoms with van der Waals surface area (Å²) in [5.41, 5.74) is 35.5. The van der Waals surface area contributed by atoms with Gasteiger partial charge in [0, 0.05) is 68.9 Å². The Morgan fingerprint density at radius 3 is 1.80 bits per heavy atom. The van der Waals surface area contributed by atoms with Crippen molar-refractivity contribution in [3.63, 3.8) is 0 Å². The van der Waals surface area contributed by atoms with Crippen LogP contribution in [-0.2, 0) is 59.2 Å². The summed E-state index contributed by atoms with van der Waals surface area (Å²) in [4.78, 5) is 160. The first kappa shape index (κ1) is 77.3. The van der Waals surface area contributed by atoms with Crippen LogP contribution < -0.4 is 71.6 Å². The number of aliphatic hydroxyl groups is 2. The van der Waals surface area contributed by atoms with Crippen molar-refractivity contribution in [3.8, 4) is 0 Å². The number of carbonyl (C=O) groups is 11. The Morgan fingerprint density at radius 2 is 1.23 bits per heavy atom. The average Bonchev–Trinajstić information content (AvgIpc) is 3.57. The molecular weight excluding hydrogens is 1140 g/mol. The molecule has 2 rings (SSSR count). The molecule has 0 saturated carbocycles. The molecule has 1 aliphatic rings. The molecule has 0 bridgehead atoms. The molecule has 1 aliphatic heterocycles. The van der Waals surface area contributed by atoms with Crippen molar-refractivity contribution < 1.29 is 63.0 Å². The van der Waals surface area contributed by atoms with Crippen LogP contribution in [0.25, 0.3) is 0 Å². The van der Waals surface area contributed by atoms with Crippen LogP contribution in [0.2, 0.25) is 0 Å². The lowest BCUT2D eigenvalue weighted by Gasteiger charge is -2.28. The van der Waals surface area contributed by atoms with Gasteiger partial charge in [0.1, 0.15) is 30.0 Å². The fourth-order valence-electron chi connectivity index (χ4n) is 10.4. The lowest BCUT2D eigenvalue weighted by Crippen LogP contribution is -2.56. The maximum absolute atomic E-state index is 14.6. The van der Waals surface area contributed by atoms with Crippen molar-refractivity contribution in [2.75, 3.05) is 39.3 Å². The van der Waals surface area contributed by atoms with Gasteiger partial charge in [-0.05, 0) is 116 Å². The Labute approximate surface area is 518 Å². The first-order valence-corrected chi connectivity index (χ1v) is 31.3. The van der Waals surface area contributed by atoms with E-state index < -0.39 is 163 Å². The number of guanidine groups is 1. The van der Waals surface area contributed by atoms with Crippen LogP contribution in [0.3, 0.4) is 0 Å². The molecule has 0 radical (unpaired) electrons. The Balaban J connectivity index is 2.70. The van der Waals surface area contributed by atoms with Crippen LogP contribution in [0.4, 0.5) is 0 Å². The van der Waals surface area contributed by atoms with Crippen molar-refractivity contribution in [2.45, 2.75) is 205 Å². The molecule has 88 heavy (non-hydrogen) atoms. The van der Waals surface area contributed by atoms with E-state index in [9.17, 15) is 63.0 Å². The third kappa shape index (κ3) is 29.0. The second-order valence-electron chi connectivity index (χ2n) is 23.6. The normalized spacial score (nSPS) is 22.3. The molecule has 1 aromatic carbocycles. The number of aliphatic imine (C=N–C) groups is 1. The zero-order chi connectivity index (χ0) is 65.9. The number of amides is 7. The Hall–Kier alpha value is -6.78. The molecule has 0 unspecified atom stereocenters. The van der Waals surface area contributed by atoms with Crippen LogP contribution in [0.5, 0.6) is 0 Å². The van der Waals surface area contributed by atoms with Crippen LogP contribution in [-0.4, -0.2) is 168 Å². The third-order valence-electron chi connectivity index (χ3n) is 15.4. The van der Waals surface area contributed by atoms with Gasteiger partial charge in [0.25, 0.3) is 0 Å². The first-order valence-electron chi connectivity index (χ1n) is 31.3. The number of hydrogen-bond acceptors (Lipinski definition) is 18. The predicted molar refractivity (Wildman–Crippen MR) is 333 cm³/mol. The zero-order valence-corrected chi connectivity index (χ0v) is 52.4. The lowest BCUT2D eigenvalue weighted by molar-refractivity contribution is -0.137. The predicted octanol–water partition coefficient (Wildman–Crippen LogP) is -1.42. The van der Waals surface area contributed by atoms with Gasteiger partial charge < -0.3 is 81.8 Å². The molecule has 0 aliphatic carbocycles. The summed E-state index contributed by atoms with van der Waals surface area (Å²) in [6.07, 6.45) is -0.233. The van der Waals surface area contributed by atoms with E-state index in [1.807, 2.05) is 13.8 Å². The van der Waals surface area contributed by atoms with E-state index in [-0.39, 0.29) is 108 Å². The van der Waals surface area contributed by atoms with E-state index in [2.05, 4.69) is 49.1 Å². The molecule has 12 atom stereocenters. The van der Waals surface area contributed by atoms with Crippen molar-refractivity contribution in [2.24, 2.45) is 69.0 Å². The fraction of sp³-hybridized carbons (Fsp3) is 0.705. The quantitative estimate of drug-likeness (QED) is 0.0218. The molecule has 21 N–H and O–H groups in total. The van der Waals surface area contributed by atoms with Gasteiger partial charge in [-0.1, -0.05) is 76.8 Å². The number of hydrogen-bond donors (Lipinski definition) is 15. The van der Waals surface area contributed by atoms with Gasteiger partial charge in [-0.2, -0.15) is 0 Å². The molecule has 1 fully saturated rings. The second-order valence-corrected chi connectivity index (χ2v) is 23.6. The van der Waals surface area contributed by atoms with Crippen LogP contribution in [0.1, 0.15) is 156 Å². The molecule has 1 saturated heterocycles. The van der Waals surface area contributed by atoms with Crippen molar-refractivity contribution >= 4 is 70.4 Å². The summed E-state index contributed by atoms with van der Waals surface area (Å²) in [6.45, 7) is 7.52. The van der Waals surface area contributed by atoms with Gasteiger partial charge in [-0.25, -0.2) is 0 Å². The van der Waals surface area contributed by atoms with E-state index in [0.29, 0.717) is 18.4 Å². The molecular formula is C61H104N14O13. The fourth-order valence-corrected chi connectivity index (χ4v) is 10.4. The van der Waals surface area contributed by atoms with E-state index in [0.717, 1.165) is 25.7 Å². The Morgan fingerprint density at radius 1 is 0.648 bits per heavy atom. The standard InChI is InChI=1S/C61H104N14O13/c1-6-7-8-9-13-18-44(78)32-40(17-14-28-69-61(66)67)55(83)74-52(37(4)76)51(81)34-42(20-25-63)54(82)72-47-23-29-68-60(88)53(38(5)77)75-56(84)41(19-24-62)33-49(79)45(21-26-64)71-59(87)48(30-36(2)3)73-57(85)43(31-39-15-11-10-12-16-39)35-50(80)46(22-27-65)70-58(47)86/h10-12,15-16,36-38,40-43,45-48,52-53,76-77H,6-9,13-14,17-35,62-65H2,1-5H3,(H,68,88)(H,70,86)(H,71,87)(H,72,82)(H,73,85)(H,74,83)(H,75,84)(H4,66,67,69)/t37-,38-,40-,41-,42-,43+,45+,46+,47+,48+,52+,53+/m1/s1. The summed E-state index contributed by atoms with van der Waals surface area (Å²) in [5, 5.41) is 40.3. The molecule has 496 valence electrons. The molecule has 0 aromatic heterocycles. The number of nitrogens with one attached hydrogen (secondary N) is 7. The van der Waals surface area contributed by atoms with Gasteiger partial charge >= 0.3 is 0 Å². The number of nitrogens with zero attached hydrogens (tertiary/aromatic N) is 1. The summed E-state index contributed by atoms with van der Waals surface area (Å²) >= 11 is 0. The van der Waals surface area contributed by atoms with Crippen LogP contribution in [0.15, 0.2) is 35.3 Å². The Bertz CT molecular complexity index is 2430. The number of rotatable bonds is 33. The lowest BCUT2D eigenvalue weighted by atomic mass is 9.89. The summed E-state index contributed by atoms with van der Waals surface area (Å²) in [5.74, 6) is -12.8. The molecule has 1 aromatic rings. The van der Waals surface area contributed by atoms with E-state index in [1.165, 1.54) is 13.8 Å². The minimum absolute atomic E-state index is 0.00346. The largest absolute Gasteiger partial charge is 0.391 e. The van der Waals surface area contributed by atoms with E-state index >= 15 is 0 Å². The highest BCUT2D eigenvalue weighted by Crippen LogP contribution is 2.21. The average molecular weight is 1240 g/mol. The summed E-state index contributed by atoms with van der Waals surface area (Å²) in [7, 11) is 0. The number of unbranched alkanes of at least 4 members (excludes halogenated alkanes) is 4. The molecule has 27 nitrogen and oxygen atoms in total. The smallest absolute Gasteiger partial charge is 0.245 e. The topological polar surface area (TPSA) is 481 Å². The van der Waals surface area contributed by atoms with E-state index in [1.54, 1.807) is 30.3 Å². The highest BCUT2D eigenvalue weighted by molar-refractivity contribution is 5.99. The van der Waals surface area contributed by atoms with Gasteiger partial charge in [-0.3, -0.25) is 57.7 Å². The van der Waals surface area contributed by atoms with Crippen molar-refractivity contribution in [1.82, 2.24) is 37.2 Å². The highest BCUT2D eigenvalue weighted by Gasteiger charge is 2.38. The number of ketones is 4. The number of benzene rings is 1. The monoisotopic (exact) mass is 1240 g/mol. The zero-order valence-electron chi connectivity index (χ0n) is 52.4. The number of nitrogens with two attached hydrogens (primary N) is 6. The van der Waals surface area contributed by atoms with Crippen LogP contribution in [0, 0.1) is 29.6 Å². The minimum Gasteiger partial charge on any atom is -0.391 e. The molecule has 7 amide bonds. The van der Waals surface area contributed by atoms with Crippen LogP contribution >= 0.6 is 0 Å². The second kappa shape index (κ2) is 42.2. The van der Waals surface area contributed by atoms with Gasteiger partial charge in [0.2, 0.25) is 41.4 Å². The molecule has 1 heterocycles. The number of aliphatic hydroxyl groups excluding tert-OH is 2. The maximum atomic E-state index is 14.6. The third-order valence-corrected chi connectivity index (χ3v) is 15.4. The minimum atomic E-state index is -1.63. The van der Waals surface area contributed by atoms with Gasteiger partial charge in [0.15, 0.2) is 23.3 Å². The van der Waals surface area contributed by atoms with Gasteiger partial charge in [-0.15, -0.1) is 0 Å². The Kier molecular flexibility index (Phi) is 37.1. The SMILES string of the molecule is CCCCCCCC(=O)C[C@@H](CCCN=C(N)N)C(=O)N[C@H](C(=O)C[C@@H](CCN)C(=O)N[C@H]1CCNC(=O)[C@H]([C@@H](C)O)NC(=O)[C@H](CCN)CC(=O)[C@H](CCN)NC(=O)[C@H](CC(C)C)NC(=O)[C@@H](Cc2ccccc2)CC(=O)[C@H](CCN)NC1=O)[C@@H](C)O. The van der Waals surface area contributed by atoms with Crippen molar-refractivity contribution in [1.29, 1.82) is 0 Å². The number of carbonyl (C=O) groups excluding carboxylic acids is 11. The van der Waals surface area contributed by atoms with E-state index in [4.69, 9.17) is 34.4 Å². The molecule has 27 heteroatoms. The summed E-state index contributed by atoms with van der Waals surface area (Å²) < 4.78 is 0. The van der Waals surface area contributed by atoms with Gasteiger partial charge in [0.05, 0.1) is 24.3 Å². The van der Waals surface area contributed by atoms with Crippen molar-refractivity contribution in [3.05, 3.63) is 35.9 Å².